The molecule has 1 aliphatic carbocycles. The van der Waals surface area contributed by atoms with Gasteiger partial charge in [0, 0.05) is 18.5 Å². The number of rotatable bonds is 5. The Hall–Kier alpha value is -1.43. The Labute approximate surface area is 134 Å². The minimum Gasteiger partial charge on any atom is -0.387 e. The van der Waals surface area contributed by atoms with Crippen LogP contribution < -0.4 is 5.32 Å². The van der Waals surface area contributed by atoms with Crippen molar-refractivity contribution in [2.45, 2.75) is 44.2 Å². The highest BCUT2D eigenvalue weighted by molar-refractivity contribution is 6.30. The average molecular weight is 322 g/mol. The lowest BCUT2D eigenvalue weighted by Crippen LogP contribution is -2.43. The Kier molecular flexibility index (Phi) is 4.47. The van der Waals surface area contributed by atoms with Gasteiger partial charge in [0.1, 0.15) is 0 Å². The molecule has 1 fully saturated rings. The molecule has 5 nitrogen and oxygen atoms in total. The third-order valence-electron chi connectivity index (χ3n) is 4.28. The molecule has 1 aromatic heterocycles. The summed E-state index contributed by atoms with van der Waals surface area (Å²) in [5, 5.41) is 18.6. The van der Waals surface area contributed by atoms with Gasteiger partial charge in [-0.05, 0) is 30.5 Å². The van der Waals surface area contributed by atoms with Crippen molar-refractivity contribution in [1.82, 2.24) is 15.5 Å². The molecule has 118 valence electrons. The fourth-order valence-electron chi connectivity index (χ4n) is 3.08. The number of aliphatic hydroxyl groups is 1. The maximum absolute atomic E-state index is 10.4. The summed E-state index contributed by atoms with van der Waals surface area (Å²) in [6, 6.07) is 7.30. The van der Waals surface area contributed by atoms with Crippen molar-refractivity contribution in [2.24, 2.45) is 0 Å². The first kappa shape index (κ1) is 15.5. The zero-order chi connectivity index (χ0) is 15.6. The van der Waals surface area contributed by atoms with E-state index in [1.165, 1.54) is 0 Å². The van der Waals surface area contributed by atoms with Crippen molar-refractivity contribution < 1.29 is 9.63 Å². The molecule has 1 heterocycles. The summed E-state index contributed by atoms with van der Waals surface area (Å²) in [6.07, 6.45) is 3.52. The van der Waals surface area contributed by atoms with Crippen LogP contribution >= 0.6 is 11.6 Å². The van der Waals surface area contributed by atoms with Crippen molar-refractivity contribution in [1.29, 1.82) is 0 Å². The highest BCUT2D eigenvalue weighted by Gasteiger charge is 2.39. The van der Waals surface area contributed by atoms with Crippen LogP contribution in [0.15, 0.2) is 28.8 Å². The summed E-state index contributed by atoms with van der Waals surface area (Å²) < 4.78 is 5.13. The number of hydrogen-bond acceptors (Lipinski definition) is 5. The standard InChI is InChI=1S/C16H20ClN3O2/c1-11-19-15(20-22-11)16(7-2-3-8-16)18-10-14(21)12-5-4-6-13(17)9-12/h4-6,9,14,18,21H,2-3,7-8,10H2,1H3. The fraction of sp³-hybridized carbons (Fsp3) is 0.500. The minimum absolute atomic E-state index is 0.294. The highest BCUT2D eigenvalue weighted by atomic mass is 35.5. The smallest absolute Gasteiger partial charge is 0.223 e. The van der Waals surface area contributed by atoms with Crippen LogP contribution in [0.4, 0.5) is 0 Å². The zero-order valence-electron chi connectivity index (χ0n) is 12.6. The van der Waals surface area contributed by atoms with E-state index in [1.54, 1.807) is 19.1 Å². The van der Waals surface area contributed by atoms with Gasteiger partial charge in [0.25, 0.3) is 0 Å². The van der Waals surface area contributed by atoms with Crippen LogP contribution in [-0.4, -0.2) is 21.8 Å². The lowest BCUT2D eigenvalue weighted by molar-refractivity contribution is 0.152. The van der Waals surface area contributed by atoms with Gasteiger partial charge in [-0.2, -0.15) is 4.98 Å². The molecule has 2 aromatic rings. The van der Waals surface area contributed by atoms with E-state index in [2.05, 4.69) is 15.5 Å². The number of halogens is 1. The number of hydrogen-bond donors (Lipinski definition) is 2. The van der Waals surface area contributed by atoms with E-state index in [0.717, 1.165) is 31.2 Å². The summed E-state index contributed by atoms with van der Waals surface area (Å²) in [5.41, 5.74) is 0.509. The molecule has 1 aliphatic rings. The Bertz CT molecular complexity index is 638. The Morgan fingerprint density at radius 2 is 2.18 bits per heavy atom. The molecular weight excluding hydrogens is 302 g/mol. The van der Waals surface area contributed by atoms with Crippen molar-refractivity contribution in [3.63, 3.8) is 0 Å². The maximum atomic E-state index is 10.4. The lowest BCUT2D eigenvalue weighted by Gasteiger charge is -2.28. The highest BCUT2D eigenvalue weighted by Crippen LogP contribution is 2.37. The molecule has 3 rings (SSSR count). The van der Waals surface area contributed by atoms with Crippen LogP contribution in [-0.2, 0) is 5.54 Å². The Morgan fingerprint density at radius 3 is 2.82 bits per heavy atom. The second-order valence-electron chi connectivity index (χ2n) is 5.88. The van der Waals surface area contributed by atoms with Crippen LogP contribution in [0.1, 0.15) is 49.1 Å². The monoisotopic (exact) mass is 321 g/mol. The van der Waals surface area contributed by atoms with E-state index >= 15 is 0 Å². The van der Waals surface area contributed by atoms with Crippen molar-refractivity contribution in [3.05, 3.63) is 46.6 Å². The SMILES string of the molecule is Cc1nc(C2(NCC(O)c3cccc(Cl)c3)CCCC2)no1. The molecule has 0 spiro atoms. The van der Waals surface area contributed by atoms with Gasteiger partial charge in [-0.25, -0.2) is 0 Å². The number of nitrogens with one attached hydrogen (secondary N) is 1. The van der Waals surface area contributed by atoms with Gasteiger partial charge in [-0.3, -0.25) is 0 Å². The molecule has 0 bridgehead atoms. The number of aryl methyl sites for hydroxylation is 1. The summed E-state index contributed by atoms with van der Waals surface area (Å²) >= 11 is 5.98. The molecule has 0 amide bonds. The van der Waals surface area contributed by atoms with Gasteiger partial charge in [0.15, 0.2) is 5.82 Å². The summed E-state index contributed by atoms with van der Waals surface area (Å²) in [6.45, 7) is 2.22. The summed E-state index contributed by atoms with van der Waals surface area (Å²) in [4.78, 5) is 4.39. The molecular formula is C16H20ClN3O2. The topological polar surface area (TPSA) is 71.2 Å². The first-order valence-corrected chi connectivity index (χ1v) is 7.96. The summed E-state index contributed by atoms with van der Waals surface area (Å²) in [5.74, 6) is 1.26. The van der Waals surface area contributed by atoms with Crippen molar-refractivity contribution in [3.8, 4) is 0 Å². The van der Waals surface area contributed by atoms with Crippen LogP contribution in [0.25, 0.3) is 0 Å². The van der Waals surface area contributed by atoms with E-state index in [4.69, 9.17) is 16.1 Å². The van der Waals surface area contributed by atoms with E-state index in [0.29, 0.717) is 23.3 Å². The van der Waals surface area contributed by atoms with Crippen LogP contribution in [0, 0.1) is 6.92 Å². The van der Waals surface area contributed by atoms with E-state index in [1.807, 2.05) is 12.1 Å². The molecule has 22 heavy (non-hydrogen) atoms. The van der Waals surface area contributed by atoms with Gasteiger partial charge in [0.2, 0.25) is 5.89 Å². The van der Waals surface area contributed by atoms with Crippen molar-refractivity contribution in [2.75, 3.05) is 6.54 Å². The quantitative estimate of drug-likeness (QED) is 0.885. The number of aliphatic hydroxyl groups excluding tert-OH is 1. The second-order valence-corrected chi connectivity index (χ2v) is 6.31. The number of benzene rings is 1. The van der Waals surface area contributed by atoms with Gasteiger partial charge >= 0.3 is 0 Å². The molecule has 1 unspecified atom stereocenters. The van der Waals surface area contributed by atoms with Crippen molar-refractivity contribution >= 4 is 11.6 Å². The minimum atomic E-state index is -0.621. The largest absolute Gasteiger partial charge is 0.387 e. The second kappa shape index (κ2) is 6.36. The number of nitrogens with zero attached hydrogens (tertiary/aromatic N) is 2. The van der Waals surface area contributed by atoms with E-state index in [-0.39, 0.29) is 5.54 Å². The molecule has 0 aliphatic heterocycles. The van der Waals surface area contributed by atoms with Gasteiger partial charge in [-0.1, -0.05) is 41.7 Å². The molecule has 1 aromatic carbocycles. The van der Waals surface area contributed by atoms with E-state index in [9.17, 15) is 5.11 Å². The average Bonchev–Trinajstić information content (AvgIpc) is 3.14. The van der Waals surface area contributed by atoms with Crippen LogP contribution in [0.3, 0.4) is 0 Å². The third-order valence-corrected chi connectivity index (χ3v) is 4.52. The molecule has 1 saturated carbocycles. The van der Waals surface area contributed by atoms with Gasteiger partial charge in [-0.15, -0.1) is 0 Å². The lowest BCUT2D eigenvalue weighted by atomic mass is 9.95. The maximum Gasteiger partial charge on any atom is 0.223 e. The predicted molar refractivity (Wildman–Crippen MR) is 83.6 cm³/mol. The first-order chi connectivity index (χ1) is 10.6. The zero-order valence-corrected chi connectivity index (χ0v) is 13.3. The fourth-order valence-corrected chi connectivity index (χ4v) is 3.27. The third kappa shape index (κ3) is 3.16. The number of aromatic nitrogens is 2. The van der Waals surface area contributed by atoms with Gasteiger partial charge in [0.05, 0.1) is 11.6 Å². The summed E-state index contributed by atoms with van der Waals surface area (Å²) in [7, 11) is 0. The molecule has 0 saturated heterocycles. The van der Waals surface area contributed by atoms with E-state index < -0.39 is 6.10 Å². The van der Waals surface area contributed by atoms with Gasteiger partial charge < -0.3 is 14.9 Å². The first-order valence-electron chi connectivity index (χ1n) is 7.58. The Morgan fingerprint density at radius 1 is 1.41 bits per heavy atom. The Balaban J connectivity index is 1.72. The normalized spacial score (nSPS) is 18.5. The molecule has 1 atom stereocenters. The molecule has 2 N–H and O–H groups in total. The predicted octanol–water partition coefficient (Wildman–Crippen LogP) is 3.12. The van der Waals surface area contributed by atoms with Crippen LogP contribution in [0.2, 0.25) is 5.02 Å². The molecule has 6 heteroatoms. The molecule has 0 radical (unpaired) electrons. The van der Waals surface area contributed by atoms with Crippen LogP contribution in [0.5, 0.6) is 0 Å².